The topological polar surface area (TPSA) is 57.0 Å². The first-order chi connectivity index (χ1) is 9.13. The quantitative estimate of drug-likeness (QED) is 0.810. The first-order valence-corrected chi connectivity index (χ1v) is 6.68. The molecule has 1 aromatic heterocycles. The number of esters is 1. The molecular weight excluding hydrogens is 310 g/mol. The molecule has 5 nitrogen and oxygen atoms in total. The molecule has 1 atom stereocenters. The molecule has 0 spiro atoms. The number of halogens is 1. The molecule has 0 bridgehead atoms. The highest BCUT2D eigenvalue weighted by molar-refractivity contribution is 9.10. The van der Waals surface area contributed by atoms with Gasteiger partial charge in [-0.05, 0) is 24.6 Å². The second kappa shape index (κ2) is 5.97. The lowest BCUT2D eigenvalue weighted by molar-refractivity contribution is -0.144. The number of rotatable bonds is 4. The van der Waals surface area contributed by atoms with Gasteiger partial charge in [-0.25, -0.2) is 4.98 Å². The molecule has 0 amide bonds. The van der Waals surface area contributed by atoms with Gasteiger partial charge in [0.15, 0.2) is 0 Å². The smallest absolute Gasteiger partial charge is 0.321 e. The first kappa shape index (κ1) is 13.7. The van der Waals surface area contributed by atoms with Crippen LogP contribution in [0.25, 0.3) is 0 Å². The third-order valence-electron chi connectivity index (χ3n) is 2.73. The predicted molar refractivity (Wildman–Crippen MR) is 73.6 cm³/mol. The molecule has 0 aliphatic heterocycles. The Kier molecular flexibility index (Phi) is 4.31. The van der Waals surface area contributed by atoms with Crippen LogP contribution in [0.1, 0.15) is 24.2 Å². The van der Waals surface area contributed by atoms with E-state index < -0.39 is 5.92 Å². The summed E-state index contributed by atoms with van der Waals surface area (Å²) in [6.45, 7) is 2.12. The summed E-state index contributed by atoms with van der Waals surface area (Å²) < 4.78 is 7.68. The maximum Gasteiger partial charge on any atom is 0.321 e. The number of benzene rings is 1. The van der Waals surface area contributed by atoms with Gasteiger partial charge in [0.05, 0.1) is 6.61 Å². The highest BCUT2D eigenvalue weighted by Gasteiger charge is 2.28. The molecule has 19 heavy (non-hydrogen) atoms. The Morgan fingerprint density at radius 3 is 2.63 bits per heavy atom. The zero-order valence-corrected chi connectivity index (χ0v) is 12.3. The average molecular weight is 324 g/mol. The lowest BCUT2D eigenvalue weighted by Gasteiger charge is -2.15. The zero-order chi connectivity index (χ0) is 13.8. The molecule has 2 aromatic rings. The van der Waals surface area contributed by atoms with Crippen molar-refractivity contribution in [3.8, 4) is 0 Å². The second-order valence-electron chi connectivity index (χ2n) is 3.98. The molecule has 1 aromatic carbocycles. The number of carbonyl (C=O) groups is 1. The highest BCUT2D eigenvalue weighted by atomic mass is 79.9. The van der Waals surface area contributed by atoms with Crippen LogP contribution < -0.4 is 0 Å². The Bertz CT molecular complexity index is 566. The van der Waals surface area contributed by atoms with Crippen LogP contribution in [0.2, 0.25) is 0 Å². The largest absolute Gasteiger partial charge is 0.465 e. The van der Waals surface area contributed by atoms with E-state index in [0.717, 1.165) is 10.0 Å². The van der Waals surface area contributed by atoms with Gasteiger partial charge in [0.25, 0.3) is 0 Å². The second-order valence-corrected chi connectivity index (χ2v) is 4.89. The molecule has 0 fully saturated rings. The number of carbonyl (C=O) groups excluding carboxylic acids is 1. The van der Waals surface area contributed by atoms with Crippen LogP contribution in [-0.4, -0.2) is 27.3 Å². The normalized spacial score (nSPS) is 12.2. The Balaban J connectivity index is 2.43. The molecule has 1 heterocycles. The van der Waals surface area contributed by atoms with E-state index in [1.807, 2.05) is 24.3 Å². The summed E-state index contributed by atoms with van der Waals surface area (Å²) in [7, 11) is 1.76. The molecule has 0 aliphatic rings. The fourth-order valence-electron chi connectivity index (χ4n) is 1.84. The van der Waals surface area contributed by atoms with Crippen LogP contribution in [0, 0.1) is 0 Å². The fraction of sp³-hybridized carbons (Fsp3) is 0.308. The van der Waals surface area contributed by atoms with Crippen molar-refractivity contribution in [3.05, 3.63) is 46.5 Å². The van der Waals surface area contributed by atoms with Gasteiger partial charge in [-0.15, -0.1) is 0 Å². The van der Waals surface area contributed by atoms with E-state index in [1.165, 1.54) is 6.33 Å². The summed E-state index contributed by atoms with van der Waals surface area (Å²) >= 11 is 3.38. The molecule has 0 saturated heterocycles. The van der Waals surface area contributed by atoms with Crippen LogP contribution in [-0.2, 0) is 16.6 Å². The molecule has 0 saturated carbocycles. The molecule has 6 heteroatoms. The number of ether oxygens (including phenoxy) is 1. The number of aromatic nitrogens is 3. The minimum absolute atomic E-state index is 0.319. The van der Waals surface area contributed by atoms with Crippen molar-refractivity contribution >= 4 is 21.9 Å². The fourth-order valence-corrected chi connectivity index (χ4v) is 2.10. The van der Waals surface area contributed by atoms with Gasteiger partial charge in [0.1, 0.15) is 18.1 Å². The van der Waals surface area contributed by atoms with Crippen molar-refractivity contribution in [3.63, 3.8) is 0 Å². The first-order valence-electron chi connectivity index (χ1n) is 5.89. The van der Waals surface area contributed by atoms with E-state index in [0.29, 0.717) is 12.4 Å². The van der Waals surface area contributed by atoms with E-state index in [-0.39, 0.29) is 5.97 Å². The van der Waals surface area contributed by atoms with Gasteiger partial charge in [-0.1, -0.05) is 28.1 Å². The third kappa shape index (κ3) is 3.01. The van der Waals surface area contributed by atoms with Crippen LogP contribution in [0.5, 0.6) is 0 Å². The molecule has 0 aliphatic carbocycles. The van der Waals surface area contributed by atoms with E-state index in [4.69, 9.17) is 4.74 Å². The standard InChI is InChI=1S/C13H14BrN3O2/c1-3-19-13(18)11(12-15-8-16-17(12)2)9-4-6-10(14)7-5-9/h4-8,11H,3H2,1-2H3. The van der Waals surface area contributed by atoms with Crippen molar-refractivity contribution < 1.29 is 9.53 Å². The number of aryl methyl sites for hydroxylation is 1. The van der Waals surface area contributed by atoms with Gasteiger partial charge in [0, 0.05) is 11.5 Å². The van der Waals surface area contributed by atoms with E-state index >= 15 is 0 Å². The van der Waals surface area contributed by atoms with Crippen LogP contribution in [0.15, 0.2) is 35.1 Å². The van der Waals surface area contributed by atoms with Crippen molar-refractivity contribution in [2.24, 2.45) is 7.05 Å². The molecule has 100 valence electrons. The predicted octanol–water partition coefficient (Wildman–Crippen LogP) is 2.27. The monoisotopic (exact) mass is 323 g/mol. The Morgan fingerprint density at radius 2 is 2.11 bits per heavy atom. The third-order valence-corrected chi connectivity index (χ3v) is 3.26. The minimum atomic E-state index is -0.555. The molecule has 0 N–H and O–H groups in total. The Labute approximate surface area is 119 Å². The average Bonchev–Trinajstić information content (AvgIpc) is 2.79. The van der Waals surface area contributed by atoms with E-state index in [9.17, 15) is 4.79 Å². The van der Waals surface area contributed by atoms with Crippen molar-refractivity contribution in [1.29, 1.82) is 0 Å². The van der Waals surface area contributed by atoms with Crippen molar-refractivity contribution in [2.45, 2.75) is 12.8 Å². The summed E-state index contributed by atoms with van der Waals surface area (Å²) in [5.41, 5.74) is 0.831. The van der Waals surface area contributed by atoms with E-state index in [2.05, 4.69) is 26.0 Å². The Morgan fingerprint density at radius 1 is 1.42 bits per heavy atom. The SMILES string of the molecule is CCOC(=O)C(c1ccc(Br)cc1)c1ncnn1C. The van der Waals surface area contributed by atoms with Gasteiger partial charge < -0.3 is 4.74 Å². The van der Waals surface area contributed by atoms with Gasteiger partial charge >= 0.3 is 5.97 Å². The number of hydrogen-bond acceptors (Lipinski definition) is 4. The Hall–Kier alpha value is -1.69. The van der Waals surface area contributed by atoms with Crippen LogP contribution in [0.3, 0.4) is 0 Å². The molecule has 2 rings (SSSR count). The molecule has 0 radical (unpaired) electrons. The summed E-state index contributed by atoms with van der Waals surface area (Å²) in [5, 5.41) is 4.01. The van der Waals surface area contributed by atoms with Gasteiger partial charge in [-0.2, -0.15) is 5.10 Å². The zero-order valence-electron chi connectivity index (χ0n) is 10.7. The van der Waals surface area contributed by atoms with Gasteiger partial charge in [-0.3, -0.25) is 9.48 Å². The van der Waals surface area contributed by atoms with Crippen LogP contribution in [0.4, 0.5) is 0 Å². The maximum absolute atomic E-state index is 12.2. The van der Waals surface area contributed by atoms with Crippen molar-refractivity contribution in [2.75, 3.05) is 6.61 Å². The lowest BCUT2D eigenvalue weighted by atomic mass is 9.98. The summed E-state index contributed by atoms with van der Waals surface area (Å²) in [4.78, 5) is 16.3. The molecular formula is C13H14BrN3O2. The summed E-state index contributed by atoms with van der Waals surface area (Å²) in [5.74, 6) is -0.303. The lowest BCUT2D eigenvalue weighted by Crippen LogP contribution is -2.20. The summed E-state index contributed by atoms with van der Waals surface area (Å²) in [6, 6.07) is 7.52. The number of hydrogen-bond donors (Lipinski definition) is 0. The highest BCUT2D eigenvalue weighted by Crippen LogP contribution is 2.25. The maximum atomic E-state index is 12.2. The summed E-state index contributed by atoms with van der Waals surface area (Å²) in [6.07, 6.45) is 1.43. The molecule has 1 unspecified atom stereocenters. The van der Waals surface area contributed by atoms with E-state index in [1.54, 1.807) is 18.7 Å². The number of nitrogens with zero attached hydrogens (tertiary/aromatic N) is 3. The minimum Gasteiger partial charge on any atom is -0.465 e. The van der Waals surface area contributed by atoms with Crippen LogP contribution >= 0.6 is 15.9 Å². The van der Waals surface area contributed by atoms with Gasteiger partial charge in [0.2, 0.25) is 0 Å². The van der Waals surface area contributed by atoms with Crippen molar-refractivity contribution in [1.82, 2.24) is 14.8 Å².